The summed E-state index contributed by atoms with van der Waals surface area (Å²) in [6.07, 6.45) is 0. The zero-order valence-corrected chi connectivity index (χ0v) is 11.0. The average Bonchev–Trinajstić information content (AvgIpc) is 2.48. The van der Waals surface area contributed by atoms with Gasteiger partial charge in [0.2, 0.25) is 0 Å². The van der Waals surface area contributed by atoms with Crippen molar-refractivity contribution in [2.75, 3.05) is 13.7 Å². The minimum atomic E-state index is 0.423. The summed E-state index contributed by atoms with van der Waals surface area (Å²) in [7, 11) is 1.54. The first-order chi connectivity index (χ1) is 9.40. The van der Waals surface area contributed by atoms with Gasteiger partial charge in [-0.1, -0.05) is 65.8 Å². The second-order valence-electron chi connectivity index (χ2n) is 4.06. The molecule has 3 heteroatoms. The lowest BCUT2D eigenvalue weighted by Gasteiger charge is -2.07. The molecule has 0 spiro atoms. The number of hydrogen-bond acceptors (Lipinski definition) is 3. The Bertz CT molecular complexity index is 509. The number of ether oxygens (including phenoxy) is 1. The van der Waals surface area contributed by atoms with E-state index in [-0.39, 0.29) is 0 Å². The van der Waals surface area contributed by atoms with Crippen LogP contribution in [0.3, 0.4) is 0 Å². The van der Waals surface area contributed by atoms with Crippen molar-refractivity contribution in [1.82, 2.24) is 0 Å². The summed E-state index contributed by atoms with van der Waals surface area (Å²) < 4.78 is 5.68. The molecule has 0 N–H and O–H groups in total. The Morgan fingerprint density at radius 3 is 2.21 bits per heavy atom. The number of nitrogens with zero attached hydrogens (tertiary/aromatic N) is 1. The summed E-state index contributed by atoms with van der Waals surface area (Å²) in [5.74, 6) is 0. The molecule has 0 heterocycles. The van der Waals surface area contributed by atoms with E-state index < -0.39 is 0 Å². The molecule has 19 heavy (non-hydrogen) atoms. The molecule has 98 valence electrons. The Hall–Kier alpha value is -2.13. The second kappa shape index (κ2) is 7.34. The molecule has 3 nitrogen and oxygen atoms in total. The fraction of sp³-hybridized carbons (Fsp3) is 0.188. The largest absolute Gasteiger partial charge is 0.399 e. The Morgan fingerprint density at radius 1 is 0.947 bits per heavy atom. The van der Waals surface area contributed by atoms with Gasteiger partial charge in [0.25, 0.3) is 0 Å². The first-order valence-electron chi connectivity index (χ1n) is 6.17. The number of oxime groups is 1. The molecule has 0 saturated heterocycles. The van der Waals surface area contributed by atoms with Crippen molar-refractivity contribution < 1.29 is 9.57 Å². The van der Waals surface area contributed by atoms with Crippen molar-refractivity contribution in [2.45, 2.75) is 6.61 Å². The van der Waals surface area contributed by atoms with Gasteiger partial charge in [0.15, 0.2) is 0 Å². The van der Waals surface area contributed by atoms with E-state index in [1.807, 2.05) is 60.7 Å². The van der Waals surface area contributed by atoms with Crippen LogP contribution in [0.4, 0.5) is 0 Å². The van der Waals surface area contributed by atoms with Gasteiger partial charge >= 0.3 is 0 Å². The highest BCUT2D eigenvalue weighted by Crippen LogP contribution is 2.05. The van der Waals surface area contributed by atoms with Crippen LogP contribution in [0.5, 0.6) is 0 Å². The summed E-state index contributed by atoms with van der Waals surface area (Å²) in [6.45, 7) is 0.989. The minimum Gasteiger partial charge on any atom is -0.399 e. The van der Waals surface area contributed by atoms with Gasteiger partial charge in [-0.2, -0.15) is 0 Å². The lowest BCUT2D eigenvalue weighted by Crippen LogP contribution is -2.11. The summed E-state index contributed by atoms with van der Waals surface area (Å²) >= 11 is 0. The number of rotatable bonds is 6. The van der Waals surface area contributed by atoms with Crippen LogP contribution in [0.25, 0.3) is 0 Å². The van der Waals surface area contributed by atoms with Gasteiger partial charge in [0, 0.05) is 5.56 Å². The number of benzene rings is 2. The normalized spacial score (nSPS) is 11.3. The Labute approximate surface area is 113 Å². The maximum Gasteiger partial charge on any atom is 0.113 e. The van der Waals surface area contributed by atoms with Crippen LogP contribution in [-0.2, 0) is 16.2 Å². The van der Waals surface area contributed by atoms with Crippen LogP contribution in [0.2, 0.25) is 0 Å². The molecule has 2 rings (SSSR count). The van der Waals surface area contributed by atoms with Crippen molar-refractivity contribution in [3.05, 3.63) is 71.8 Å². The highest BCUT2D eigenvalue weighted by molar-refractivity contribution is 6.01. The molecule has 0 amide bonds. The predicted octanol–water partition coefficient (Wildman–Crippen LogP) is 3.25. The first-order valence-corrected chi connectivity index (χ1v) is 6.17. The molecule has 0 fully saturated rings. The molecule has 0 bridgehead atoms. The van der Waals surface area contributed by atoms with Crippen molar-refractivity contribution >= 4 is 5.71 Å². The molecular weight excluding hydrogens is 238 g/mol. The summed E-state index contributed by atoms with van der Waals surface area (Å²) in [5, 5.41) is 4.02. The van der Waals surface area contributed by atoms with Crippen LogP contribution < -0.4 is 0 Å². The van der Waals surface area contributed by atoms with Gasteiger partial charge in [-0.15, -0.1) is 0 Å². The maximum atomic E-state index is 5.68. The SMILES string of the molecule is CON=C(COCc1ccccc1)c1ccccc1. The lowest BCUT2D eigenvalue weighted by molar-refractivity contribution is 0.151. The Kier molecular flexibility index (Phi) is 5.14. The van der Waals surface area contributed by atoms with Gasteiger partial charge in [-0.05, 0) is 5.56 Å². The van der Waals surface area contributed by atoms with Crippen LogP contribution in [0, 0.1) is 0 Å². The van der Waals surface area contributed by atoms with Gasteiger partial charge < -0.3 is 9.57 Å². The second-order valence-corrected chi connectivity index (χ2v) is 4.06. The maximum absolute atomic E-state index is 5.68. The minimum absolute atomic E-state index is 0.423. The Morgan fingerprint density at radius 2 is 1.58 bits per heavy atom. The van der Waals surface area contributed by atoms with E-state index in [9.17, 15) is 0 Å². The molecule has 0 aliphatic carbocycles. The van der Waals surface area contributed by atoms with E-state index in [1.165, 1.54) is 0 Å². The van der Waals surface area contributed by atoms with Crippen LogP contribution >= 0.6 is 0 Å². The van der Waals surface area contributed by atoms with Crippen LogP contribution in [-0.4, -0.2) is 19.4 Å². The fourth-order valence-corrected chi connectivity index (χ4v) is 1.74. The van der Waals surface area contributed by atoms with Crippen LogP contribution in [0.1, 0.15) is 11.1 Å². The van der Waals surface area contributed by atoms with Gasteiger partial charge in [-0.3, -0.25) is 0 Å². The average molecular weight is 255 g/mol. The molecule has 0 radical (unpaired) electrons. The summed E-state index contributed by atoms with van der Waals surface area (Å²) in [4.78, 5) is 4.87. The zero-order chi connectivity index (χ0) is 13.3. The van der Waals surface area contributed by atoms with E-state index in [0.717, 1.165) is 16.8 Å². The Balaban J connectivity index is 1.94. The predicted molar refractivity (Wildman–Crippen MR) is 76.1 cm³/mol. The molecule has 2 aromatic carbocycles. The third-order valence-electron chi connectivity index (χ3n) is 2.66. The van der Waals surface area contributed by atoms with Gasteiger partial charge in [-0.25, -0.2) is 0 Å². The molecule has 0 saturated carbocycles. The van der Waals surface area contributed by atoms with E-state index in [0.29, 0.717) is 13.2 Å². The molecule has 0 aliphatic heterocycles. The van der Waals surface area contributed by atoms with E-state index in [4.69, 9.17) is 9.57 Å². The molecule has 0 aromatic heterocycles. The molecular formula is C16H17NO2. The fourth-order valence-electron chi connectivity index (χ4n) is 1.74. The third-order valence-corrected chi connectivity index (χ3v) is 2.66. The first kappa shape index (κ1) is 13.3. The highest BCUT2D eigenvalue weighted by atomic mass is 16.6. The lowest BCUT2D eigenvalue weighted by atomic mass is 10.1. The molecule has 0 atom stereocenters. The summed E-state index contributed by atoms with van der Waals surface area (Å²) in [6, 6.07) is 20.0. The third kappa shape index (κ3) is 4.23. The molecule has 0 unspecified atom stereocenters. The zero-order valence-electron chi connectivity index (χ0n) is 11.0. The summed E-state index contributed by atoms with van der Waals surface area (Å²) in [5.41, 5.74) is 2.95. The van der Waals surface area contributed by atoms with E-state index in [1.54, 1.807) is 7.11 Å². The number of hydrogen-bond donors (Lipinski definition) is 0. The highest BCUT2D eigenvalue weighted by Gasteiger charge is 2.04. The van der Waals surface area contributed by atoms with Crippen molar-refractivity contribution in [2.24, 2.45) is 5.16 Å². The van der Waals surface area contributed by atoms with E-state index >= 15 is 0 Å². The smallest absolute Gasteiger partial charge is 0.113 e. The van der Waals surface area contributed by atoms with Crippen molar-refractivity contribution in [1.29, 1.82) is 0 Å². The monoisotopic (exact) mass is 255 g/mol. The van der Waals surface area contributed by atoms with E-state index in [2.05, 4.69) is 5.16 Å². The van der Waals surface area contributed by atoms with Crippen molar-refractivity contribution in [3.8, 4) is 0 Å². The van der Waals surface area contributed by atoms with Gasteiger partial charge in [0.1, 0.15) is 12.8 Å². The quantitative estimate of drug-likeness (QED) is 0.586. The topological polar surface area (TPSA) is 30.8 Å². The van der Waals surface area contributed by atoms with Crippen LogP contribution in [0.15, 0.2) is 65.8 Å². The standard InChI is InChI=1S/C16H17NO2/c1-18-17-16(15-10-6-3-7-11-15)13-19-12-14-8-4-2-5-9-14/h2-11H,12-13H2,1H3. The van der Waals surface area contributed by atoms with Gasteiger partial charge in [0.05, 0.1) is 13.2 Å². The molecule has 2 aromatic rings. The van der Waals surface area contributed by atoms with Crippen molar-refractivity contribution in [3.63, 3.8) is 0 Å². The molecule has 0 aliphatic rings.